The normalized spacial score (nSPS) is 11.7. The first kappa shape index (κ1) is 16.0. The molecule has 20 heavy (non-hydrogen) atoms. The second-order valence-electron chi connectivity index (χ2n) is 4.59. The summed E-state index contributed by atoms with van der Waals surface area (Å²) in [5.41, 5.74) is 0.777. The average molecular weight is 278 g/mol. The number of aliphatic carboxylic acids is 1. The van der Waals surface area contributed by atoms with Gasteiger partial charge in [0, 0.05) is 12.2 Å². The van der Waals surface area contributed by atoms with Gasteiger partial charge in [0.15, 0.2) is 0 Å². The number of rotatable bonds is 7. The van der Waals surface area contributed by atoms with Crippen molar-refractivity contribution in [3.8, 4) is 0 Å². The van der Waals surface area contributed by atoms with E-state index in [0.717, 1.165) is 18.5 Å². The van der Waals surface area contributed by atoms with E-state index < -0.39 is 12.0 Å². The van der Waals surface area contributed by atoms with Crippen molar-refractivity contribution in [1.82, 2.24) is 5.32 Å². The minimum atomic E-state index is -1.01. The highest BCUT2D eigenvalue weighted by molar-refractivity contribution is 5.94. The number of carboxylic acid groups (broad SMARTS) is 1. The number of nitrogens with zero attached hydrogens (tertiary/aromatic N) is 1. The van der Waals surface area contributed by atoms with Gasteiger partial charge < -0.3 is 10.4 Å². The monoisotopic (exact) mass is 278 g/mol. The Kier molecular flexibility index (Phi) is 6.56. The zero-order chi connectivity index (χ0) is 15.0. The number of unbranched alkanes of at least 4 members (excludes halogenated alkanes) is 1. The number of amides is 2. The SMILES string of the molecule is CCCCN(C(=O)N[C@@H](CC)C(=O)O)c1ccccc1. The van der Waals surface area contributed by atoms with Crippen molar-refractivity contribution >= 4 is 17.7 Å². The fourth-order valence-corrected chi connectivity index (χ4v) is 1.84. The Morgan fingerprint density at radius 1 is 1.25 bits per heavy atom. The van der Waals surface area contributed by atoms with E-state index in [2.05, 4.69) is 5.32 Å². The van der Waals surface area contributed by atoms with Gasteiger partial charge in [0.05, 0.1) is 0 Å². The topological polar surface area (TPSA) is 69.6 Å². The lowest BCUT2D eigenvalue weighted by Gasteiger charge is -2.25. The van der Waals surface area contributed by atoms with Gasteiger partial charge in [-0.3, -0.25) is 4.90 Å². The summed E-state index contributed by atoms with van der Waals surface area (Å²) >= 11 is 0. The number of carbonyl (C=O) groups excluding carboxylic acids is 1. The number of urea groups is 1. The molecular formula is C15H22N2O3. The van der Waals surface area contributed by atoms with Gasteiger partial charge in [0.1, 0.15) is 6.04 Å². The fourth-order valence-electron chi connectivity index (χ4n) is 1.84. The third kappa shape index (κ3) is 4.57. The molecule has 0 aliphatic heterocycles. The summed E-state index contributed by atoms with van der Waals surface area (Å²) in [5.74, 6) is -1.01. The Morgan fingerprint density at radius 3 is 2.40 bits per heavy atom. The van der Waals surface area contributed by atoms with Crippen LogP contribution in [-0.4, -0.2) is 29.7 Å². The molecule has 0 aliphatic carbocycles. The van der Waals surface area contributed by atoms with Crippen molar-refractivity contribution in [2.75, 3.05) is 11.4 Å². The lowest BCUT2D eigenvalue weighted by molar-refractivity contribution is -0.139. The van der Waals surface area contributed by atoms with Crippen molar-refractivity contribution < 1.29 is 14.7 Å². The smallest absolute Gasteiger partial charge is 0.326 e. The quantitative estimate of drug-likeness (QED) is 0.805. The highest BCUT2D eigenvalue weighted by Gasteiger charge is 2.22. The second kappa shape index (κ2) is 8.19. The van der Waals surface area contributed by atoms with Crippen molar-refractivity contribution in [2.45, 2.75) is 39.2 Å². The highest BCUT2D eigenvalue weighted by Crippen LogP contribution is 2.14. The number of carboxylic acids is 1. The van der Waals surface area contributed by atoms with Crippen LogP contribution in [0.15, 0.2) is 30.3 Å². The molecule has 0 heterocycles. The summed E-state index contributed by atoms with van der Waals surface area (Å²) < 4.78 is 0. The summed E-state index contributed by atoms with van der Waals surface area (Å²) in [6.07, 6.45) is 2.19. The molecule has 0 spiro atoms. The maximum Gasteiger partial charge on any atom is 0.326 e. The third-order valence-electron chi connectivity index (χ3n) is 3.05. The Morgan fingerprint density at radius 2 is 1.90 bits per heavy atom. The van der Waals surface area contributed by atoms with E-state index in [4.69, 9.17) is 5.11 Å². The second-order valence-corrected chi connectivity index (χ2v) is 4.59. The third-order valence-corrected chi connectivity index (χ3v) is 3.05. The van der Waals surface area contributed by atoms with Crippen LogP contribution in [0.2, 0.25) is 0 Å². The van der Waals surface area contributed by atoms with Crippen LogP contribution in [-0.2, 0) is 4.79 Å². The Bertz CT molecular complexity index is 434. The molecule has 1 aromatic rings. The molecule has 5 nitrogen and oxygen atoms in total. The molecule has 0 saturated carbocycles. The number of anilines is 1. The molecule has 0 radical (unpaired) electrons. The lowest BCUT2D eigenvalue weighted by atomic mass is 10.2. The molecule has 0 bridgehead atoms. The first-order valence-electron chi connectivity index (χ1n) is 6.96. The van der Waals surface area contributed by atoms with E-state index in [0.29, 0.717) is 13.0 Å². The van der Waals surface area contributed by atoms with Crippen LogP contribution < -0.4 is 10.2 Å². The molecule has 110 valence electrons. The fraction of sp³-hybridized carbons (Fsp3) is 0.467. The zero-order valence-corrected chi connectivity index (χ0v) is 12.0. The predicted molar refractivity (Wildman–Crippen MR) is 78.9 cm³/mol. The number of hydrogen-bond donors (Lipinski definition) is 2. The van der Waals surface area contributed by atoms with E-state index in [1.165, 1.54) is 0 Å². The van der Waals surface area contributed by atoms with Crippen LogP contribution in [0, 0.1) is 0 Å². The standard InChI is InChI=1S/C15H22N2O3/c1-3-5-11-17(12-9-7-6-8-10-12)15(20)16-13(4-2)14(18)19/h6-10,13H,3-5,11H2,1-2H3,(H,16,20)(H,18,19)/t13-/m0/s1. The molecule has 2 N–H and O–H groups in total. The predicted octanol–water partition coefficient (Wildman–Crippen LogP) is 2.87. The van der Waals surface area contributed by atoms with Crippen LogP contribution in [0.5, 0.6) is 0 Å². The van der Waals surface area contributed by atoms with Gasteiger partial charge in [0.2, 0.25) is 0 Å². The molecule has 1 atom stereocenters. The van der Waals surface area contributed by atoms with E-state index in [1.807, 2.05) is 37.3 Å². The minimum absolute atomic E-state index is 0.359. The first-order valence-corrected chi connectivity index (χ1v) is 6.96. The largest absolute Gasteiger partial charge is 0.480 e. The highest BCUT2D eigenvalue weighted by atomic mass is 16.4. The van der Waals surface area contributed by atoms with E-state index in [9.17, 15) is 9.59 Å². The molecule has 2 amide bonds. The number of benzene rings is 1. The van der Waals surface area contributed by atoms with Gasteiger partial charge >= 0.3 is 12.0 Å². The van der Waals surface area contributed by atoms with Crippen LogP contribution in [0.4, 0.5) is 10.5 Å². The molecule has 0 saturated heterocycles. The number of nitrogens with one attached hydrogen (secondary N) is 1. The molecule has 0 fully saturated rings. The molecule has 5 heteroatoms. The van der Waals surface area contributed by atoms with Crippen LogP contribution in [0.3, 0.4) is 0 Å². The summed E-state index contributed by atoms with van der Waals surface area (Å²) in [7, 11) is 0. The van der Waals surface area contributed by atoms with Gasteiger partial charge in [-0.25, -0.2) is 9.59 Å². The van der Waals surface area contributed by atoms with E-state index >= 15 is 0 Å². The van der Waals surface area contributed by atoms with Crippen LogP contribution in [0.1, 0.15) is 33.1 Å². The Labute approximate surface area is 119 Å². The molecule has 0 aromatic heterocycles. The minimum Gasteiger partial charge on any atom is -0.480 e. The molecular weight excluding hydrogens is 256 g/mol. The van der Waals surface area contributed by atoms with Crippen molar-refractivity contribution in [1.29, 1.82) is 0 Å². The number of carbonyl (C=O) groups is 2. The van der Waals surface area contributed by atoms with Crippen molar-refractivity contribution in [2.24, 2.45) is 0 Å². The Balaban J connectivity index is 2.82. The van der Waals surface area contributed by atoms with Gasteiger partial charge in [-0.2, -0.15) is 0 Å². The van der Waals surface area contributed by atoms with E-state index in [-0.39, 0.29) is 6.03 Å². The van der Waals surface area contributed by atoms with E-state index in [1.54, 1.807) is 11.8 Å². The zero-order valence-electron chi connectivity index (χ0n) is 12.0. The molecule has 0 unspecified atom stereocenters. The van der Waals surface area contributed by atoms with Gasteiger partial charge in [-0.05, 0) is 25.0 Å². The van der Waals surface area contributed by atoms with Crippen LogP contribution >= 0.6 is 0 Å². The average Bonchev–Trinajstić information content (AvgIpc) is 2.46. The summed E-state index contributed by atoms with van der Waals surface area (Å²) in [6.45, 7) is 4.35. The van der Waals surface area contributed by atoms with Gasteiger partial charge in [-0.15, -0.1) is 0 Å². The first-order chi connectivity index (χ1) is 9.60. The maximum absolute atomic E-state index is 12.3. The van der Waals surface area contributed by atoms with Gasteiger partial charge in [-0.1, -0.05) is 38.5 Å². The van der Waals surface area contributed by atoms with Crippen LogP contribution in [0.25, 0.3) is 0 Å². The number of hydrogen-bond acceptors (Lipinski definition) is 2. The molecule has 1 aromatic carbocycles. The maximum atomic E-state index is 12.3. The number of para-hydroxylation sites is 1. The Hall–Kier alpha value is -2.04. The lowest BCUT2D eigenvalue weighted by Crippen LogP contribution is -2.48. The van der Waals surface area contributed by atoms with Crippen molar-refractivity contribution in [3.05, 3.63) is 30.3 Å². The summed E-state index contributed by atoms with van der Waals surface area (Å²) in [4.78, 5) is 24.9. The van der Waals surface area contributed by atoms with Crippen molar-refractivity contribution in [3.63, 3.8) is 0 Å². The molecule has 1 rings (SSSR count). The molecule has 0 aliphatic rings. The van der Waals surface area contributed by atoms with Gasteiger partial charge in [0.25, 0.3) is 0 Å². The summed E-state index contributed by atoms with van der Waals surface area (Å²) in [6, 6.07) is 8.07. The summed E-state index contributed by atoms with van der Waals surface area (Å²) in [5, 5.41) is 11.6.